The Labute approximate surface area is 139 Å². The number of amides is 3. The number of imide groups is 1. The molecule has 0 saturated carbocycles. The second-order valence-electron chi connectivity index (χ2n) is 4.84. The highest BCUT2D eigenvalue weighted by molar-refractivity contribution is 8.14. The SMILES string of the molecule is O=C(/C=C/c1ccc(C(F)(F)F)cc1)NCCN1C(=O)CSC1=O. The quantitative estimate of drug-likeness (QED) is 0.822. The van der Waals surface area contributed by atoms with Crippen molar-refractivity contribution in [2.45, 2.75) is 6.18 Å². The summed E-state index contributed by atoms with van der Waals surface area (Å²) in [5.41, 5.74) is -0.318. The number of nitrogens with one attached hydrogen (secondary N) is 1. The average molecular weight is 358 g/mol. The molecule has 0 aliphatic carbocycles. The number of carbonyl (C=O) groups is 3. The Hall–Kier alpha value is -2.29. The molecule has 0 radical (unpaired) electrons. The molecule has 5 nitrogen and oxygen atoms in total. The fraction of sp³-hybridized carbons (Fsp3) is 0.267. The summed E-state index contributed by atoms with van der Waals surface area (Å²) in [6, 6.07) is 4.37. The van der Waals surface area contributed by atoms with E-state index in [4.69, 9.17) is 0 Å². The summed E-state index contributed by atoms with van der Waals surface area (Å²) >= 11 is 0.913. The van der Waals surface area contributed by atoms with Crippen LogP contribution in [-0.2, 0) is 15.8 Å². The smallest absolute Gasteiger partial charge is 0.351 e. The molecule has 9 heteroatoms. The molecule has 1 saturated heterocycles. The first-order chi connectivity index (χ1) is 11.3. The molecule has 1 fully saturated rings. The van der Waals surface area contributed by atoms with Gasteiger partial charge in [-0.25, -0.2) is 0 Å². The van der Waals surface area contributed by atoms with Crippen LogP contribution in [0.5, 0.6) is 0 Å². The van der Waals surface area contributed by atoms with Crippen molar-refractivity contribution >= 4 is 34.9 Å². The Morgan fingerprint density at radius 1 is 1.25 bits per heavy atom. The number of nitrogens with zero attached hydrogens (tertiary/aromatic N) is 1. The summed E-state index contributed by atoms with van der Waals surface area (Å²) in [6.07, 6.45) is -1.86. The highest BCUT2D eigenvalue weighted by Gasteiger charge is 2.30. The number of hydrogen-bond donors (Lipinski definition) is 1. The molecule has 24 heavy (non-hydrogen) atoms. The van der Waals surface area contributed by atoms with Crippen molar-refractivity contribution in [3.05, 3.63) is 41.5 Å². The number of halogens is 3. The van der Waals surface area contributed by atoms with Gasteiger partial charge in [0.2, 0.25) is 11.8 Å². The van der Waals surface area contributed by atoms with Gasteiger partial charge in [-0.2, -0.15) is 13.2 Å². The van der Waals surface area contributed by atoms with E-state index >= 15 is 0 Å². The van der Waals surface area contributed by atoms with Crippen molar-refractivity contribution in [1.82, 2.24) is 10.2 Å². The third kappa shape index (κ3) is 4.85. The third-order valence-corrected chi connectivity index (χ3v) is 4.00. The molecular weight excluding hydrogens is 345 g/mol. The Morgan fingerprint density at radius 2 is 1.92 bits per heavy atom. The summed E-state index contributed by atoms with van der Waals surface area (Å²) in [5, 5.41) is 2.16. The van der Waals surface area contributed by atoms with Crippen molar-refractivity contribution in [2.75, 3.05) is 18.8 Å². The number of alkyl halides is 3. The maximum absolute atomic E-state index is 12.4. The first-order valence-electron chi connectivity index (χ1n) is 6.87. The predicted molar refractivity (Wildman–Crippen MR) is 83.1 cm³/mol. The molecule has 0 atom stereocenters. The fourth-order valence-electron chi connectivity index (χ4n) is 1.90. The lowest BCUT2D eigenvalue weighted by Gasteiger charge is -2.12. The van der Waals surface area contributed by atoms with Gasteiger partial charge in [-0.1, -0.05) is 23.9 Å². The minimum atomic E-state index is -4.40. The second kappa shape index (κ2) is 7.52. The highest BCUT2D eigenvalue weighted by atomic mass is 32.2. The van der Waals surface area contributed by atoms with Crippen LogP contribution < -0.4 is 5.32 Å². The second-order valence-corrected chi connectivity index (χ2v) is 5.77. The van der Waals surface area contributed by atoms with Gasteiger partial charge >= 0.3 is 6.18 Å². The summed E-state index contributed by atoms with van der Waals surface area (Å²) in [5.74, 6) is -0.651. The number of rotatable bonds is 5. The molecule has 0 spiro atoms. The maximum Gasteiger partial charge on any atom is 0.416 e. The van der Waals surface area contributed by atoms with E-state index in [1.54, 1.807) is 0 Å². The molecule has 1 N–H and O–H groups in total. The van der Waals surface area contributed by atoms with Gasteiger partial charge in [0.1, 0.15) is 0 Å². The lowest BCUT2D eigenvalue weighted by molar-refractivity contribution is -0.137. The Bertz CT molecular complexity index is 656. The first-order valence-corrected chi connectivity index (χ1v) is 7.86. The monoisotopic (exact) mass is 358 g/mol. The van der Waals surface area contributed by atoms with Gasteiger partial charge in [-0.05, 0) is 23.8 Å². The molecule has 0 bridgehead atoms. The predicted octanol–water partition coefficient (Wildman–Crippen LogP) is 2.53. The first kappa shape index (κ1) is 18.1. The number of carbonyl (C=O) groups excluding carboxylic acids is 3. The molecule has 0 aromatic heterocycles. The summed E-state index contributed by atoms with van der Waals surface area (Å²) < 4.78 is 37.3. The lowest BCUT2D eigenvalue weighted by Crippen LogP contribution is -2.37. The number of thioether (sulfide) groups is 1. The Kier molecular flexibility index (Phi) is 5.66. The van der Waals surface area contributed by atoms with E-state index in [-0.39, 0.29) is 30.0 Å². The van der Waals surface area contributed by atoms with E-state index in [0.717, 1.165) is 28.8 Å². The molecule has 128 valence electrons. The molecular formula is C15H13F3N2O3S. The van der Waals surface area contributed by atoms with Crippen LogP contribution in [0.25, 0.3) is 6.08 Å². The maximum atomic E-state index is 12.4. The van der Waals surface area contributed by atoms with Crippen molar-refractivity contribution < 1.29 is 27.6 Å². The standard InChI is InChI=1S/C15H13F3N2O3S/c16-15(17,18)11-4-1-10(2-5-11)3-6-12(21)19-7-8-20-13(22)9-24-14(20)23/h1-6H,7-9H2,(H,19,21)/b6-3+. The van der Waals surface area contributed by atoms with Crippen LogP contribution in [0.2, 0.25) is 0 Å². The normalized spacial score (nSPS) is 15.4. The Balaban J connectivity index is 1.80. The van der Waals surface area contributed by atoms with Gasteiger partial charge in [-0.3, -0.25) is 19.3 Å². The van der Waals surface area contributed by atoms with E-state index in [0.29, 0.717) is 5.56 Å². The van der Waals surface area contributed by atoms with Crippen molar-refractivity contribution in [2.24, 2.45) is 0 Å². The van der Waals surface area contributed by atoms with Gasteiger partial charge < -0.3 is 5.32 Å². The van der Waals surface area contributed by atoms with Gasteiger partial charge in [-0.15, -0.1) is 0 Å². The number of benzene rings is 1. The van der Waals surface area contributed by atoms with Crippen LogP contribution in [0, 0.1) is 0 Å². The fourth-order valence-corrected chi connectivity index (χ4v) is 2.65. The van der Waals surface area contributed by atoms with Crippen LogP contribution in [-0.4, -0.2) is 40.8 Å². The Morgan fingerprint density at radius 3 is 2.46 bits per heavy atom. The molecule has 0 unspecified atom stereocenters. The van der Waals surface area contributed by atoms with Crippen LogP contribution in [0.3, 0.4) is 0 Å². The van der Waals surface area contributed by atoms with Gasteiger partial charge in [0, 0.05) is 19.2 Å². The van der Waals surface area contributed by atoms with Crippen LogP contribution in [0.4, 0.5) is 18.0 Å². The van der Waals surface area contributed by atoms with E-state index < -0.39 is 17.6 Å². The lowest BCUT2D eigenvalue weighted by atomic mass is 10.1. The summed E-state index contributed by atoms with van der Waals surface area (Å²) in [4.78, 5) is 35.3. The zero-order chi connectivity index (χ0) is 17.7. The minimum Gasteiger partial charge on any atom is -0.351 e. The zero-order valence-electron chi connectivity index (χ0n) is 12.3. The van der Waals surface area contributed by atoms with Crippen molar-refractivity contribution in [3.63, 3.8) is 0 Å². The molecule has 1 aromatic carbocycles. The average Bonchev–Trinajstić information content (AvgIpc) is 2.84. The zero-order valence-corrected chi connectivity index (χ0v) is 13.1. The van der Waals surface area contributed by atoms with Gasteiger partial charge in [0.15, 0.2) is 0 Å². The molecule has 1 aromatic rings. The molecule has 1 heterocycles. The molecule has 1 aliphatic heterocycles. The highest BCUT2D eigenvalue weighted by Crippen LogP contribution is 2.29. The van der Waals surface area contributed by atoms with E-state index in [2.05, 4.69) is 5.32 Å². The van der Waals surface area contributed by atoms with Crippen molar-refractivity contribution in [3.8, 4) is 0 Å². The van der Waals surface area contributed by atoms with Gasteiger partial charge in [0.05, 0.1) is 11.3 Å². The topological polar surface area (TPSA) is 66.5 Å². The molecule has 2 rings (SSSR count). The minimum absolute atomic E-state index is 0.0878. The van der Waals surface area contributed by atoms with Crippen LogP contribution >= 0.6 is 11.8 Å². The van der Waals surface area contributed by atoms with E-state index in [1.807, 2.05) is 0 Å². The van der Waals surface area contributed by atoms with Crippen LogP contribution in [0.15, 0.2) is 30.3 Å². The number of hydrogen-bond acceptors (Lipinski definition) is 4. The van der Waals surface area contributed by atoms with E-state index in [1.165, 1.54) is 24.3 Å². The van der Waals surface area contributed by atoms with E-state index in [9.17, 15) is 27.6 Å². The van der Waals surface area contributed by atoms with Crippen molar-refractivity contribution in [1.29, 1.82) is 0 Å². The summed E-state index contributed by atoms with van der Waals surface area (Å²) in [7, 11) is 0. The largest absolute Gasteiger partial charge is 0.416 e. The summed E-state index contributed by atoms with van der Waals surface area (Å²) in [6.45, 7) is 0.193. The molecule has 3 amide bonds. The van der Waals surface area contributed by atoms with Crippen LogP contribution in [0.1, 0.15) is 11.1 Å². The third-order valence-electron chi connectivity index (χ3n) is 3.14. The van der Waals surface area contributed by atoms with Gasteiger partial charge in [0.25, 0.3) is 5.24 Å². The molecule has 1 aliphatic rings.